The van der Waals surface area contributed by atoms with E-state index in [2.05, 4.69) is 157 Å². The molecule has 5 heterocycles. The molecule has 0 bridgehead atoms. The molecule has 6 aromatic carbocycles. The molecule has 72 heavy (non-hydrogen) atoms. The fourth-order valence-corrected chi connectivity index (χ4v) is 13.1. The number of imidazole rings is 1. The number of allylic oxidation sites excluding steroid dienone is 5. The van der Waals surface area contributed by atoms with Crippen molar-refractivity contribution in [3.8, 4) is 43.3 Å². The SMILES string of the molecule is CN1/C(=C\C2=C([O-])C(=C\C3=[N+](C)c4ccc(-n5c(-c6ccc(-c7ccc(-c8ccc(/C=C(/C#N)C(=O)O)s8)s7)cc6)nc6c7ccccc7c7ccccc7c65)cc4C3(C)C)/C2=O)C(C)(C)c2ccccc21. The molecule has 2 aliphatic heterocycles. The number of nitriles is 1. The van der Waals surface area contributed by atoms with E-state index in [1.165, 1.54) is 17.4 Å². The molecule has 1 N–H and O–H groups in total. The van der Waals surface area contributed by atoms with Crippen LogP contribution in [0.1, 0.15) is 43.7 Å². The van der Waals surface area contributed by atoms with E-state index in [1.807, 2.05) is 44.4 Å². The van der Waals surface area contributed by atoms with Crippen LogP contribution in [0.5, 0.6) is 0 Å². The molecule has 0 saturated heterocycles. The molecule has 3 aliphatic rings. The summed E-state index contributed by atoms with van der Waals surface area (Å²) in [5.74, 6) is -0.926. The van der Waals surface area contributed by atoms with Crippen molar-refractivity contribution in [2.24, 2.45) is 0 Å². The summed E-state index contributed by atoms with van der Waals surface area (Å²) >= 11 is 3.10. The van der Waals surface area contributed by atoms with Gasteiger partial charge in [0.05, 0.1) is 16.4 Å². The van der Waals surface area contributed by atoms with E-state index < -0.39 is 11.4 Å². The lowest BCUT2D eigenvalue weighted by Gasteiger charge is -2.32. The summed E-state index contributed by atoms with van der Waals surface area (Å²) < 4.78 is 4.39. The minimum Gasteiger partial charge on any atom is -0.871 e. The van der Waals surface area contributed by atoms with Crippen LogP contribution < -0.4 is 10.0 Å². The van der Waals surface area contributed by atoms with Gasteiger partial charge >= 0.3 is 5.97 Å². The zero-order chi connectivity index (χ0) is 50.0. The maximum absolute atomic E-state index is 14.0. The molecule has 0 spiro atoms. The molecule has 0 fully saturated rings. The standard InChI is InChI=1S/C61H45N5O4S2/c1-60(2)45-17-11-12-18-47(45)64(5)52(60)31-43-56(67)44(57(43)68)32-53-61(3,4)46-30-37(23-25-48(46)65(53)6)66-55-42-16-10-8-14-40(42)39-13-7-9-15-41(39)54(55)63-58(66)35-21-19-34(20-22-35)49-27-28-51(72-49)50-26-24-38(71-50)29-36(33-62)59(69)70/h7-32H,1-6H3,(H-,67,68,69,70)/b36-29-. The lowest BCUT2D eigenvalue weighted by molar-refractivity contribution is -0.401. The zero-order valence-electron chi connectivity index (χ0n) is 40.2. The van der Waals surface area contributed by atoms with Crippen molar-refractivity contribution in [3.63, 3.8) is 0 Å². The highest BCUT2D eigenvalue weighted by Crippen LogP contribution is 2.49. The fraction of sp³-hybridized carbons (Fsp3) is 0.131. The van der Waals surface area contributed by atoms with Crippen LogP contribution in [-0.2, 0) is 20.4 Å². The number of likely N-dealkylation sites (N-methyl/N-ethyl adjacent to an activating group) is 1. The van der Waals surface area contributed by atoms with Crippen molar-refractivity contribution in [1.29, 1.82) is 5.26 Å². The molecule has 11 heteroatoms. The van der Waals surface area contributed by atoms with E-state index in [1.54, 1.807) is 23.5 Å². The van der Waals surface area contributed by atoms with Gasteiger partial charge in [0.15, 0.2) is 11.5 Å². The number of thiophene rings is 2. The van der Waals surface area contributed by atoms with Gasteiger partial charge in [-0.3, -0.25) is 9.36 Å². The number of carboxylic acid groups (broad SMARTS) is 1. The maximum atomic E-state index is 14.0. The first-order chi connectivity index (χ1) is 34.6. The number of rotatable bonds is 8. The molecule has 0 radical (unpaired) electrons. The Balaban J connectivity index is 0.930. The van der Waals surface area contributed by atoms with Crippen LogP contribution in [0, 0.1) is 11.3 Å². The van der Waals surface area contributed by atoms with Gasteiger partial charge < -0.3 is 15.1 Å². The largest absolute Gasteiger partial charge is 0.871 e. The minimum atomic E-state index is -1.24. The highest BCUT2D eigenvalue weighted by molar-refractivity contribution is 7.24. The summed E-state index contributed by atoms with van der Waals surface area (Å²) in [4.78, 5) is 36.9. The molecular weight excluding hydrogens is 931 g/mol. The van der Waals surface area contributed by atoms with Gasteiger partial charge in [-0.25, -0.2) is 9.78 Å². The smallest absolute Gasteiger partial charge is 0.346 e. The number of hydrogen-bond donors (Lipinski definition) is 1. The third-order valence-electron chi connectivity index (χ3n) is 14.8. The van der Waals surface area contributed by atoms with Crippen LogP contribution in [0.15, 0.2) is 180 Å². The van der Waals surface area contributed by atoms with Crippen LogP contribution in [0.3, 0.4) is 0 Å². The number of aromatic nitrogens is 2. The molecule has 12 rings (SSSR count). The molecule has 3 aromatic heterocycles. The number of para-hydroxylation sites is 1. The lowest BCUT2D eigenvalue weighted by Crippen LogP contribution is -2.34. The number of carboxylic acids is 1. The first kappa shape index (κ1) is 44.8. The molecule has 0 amide bonds. The lowest BCUT2D eigenvalue weighted by atomic mass is 9.77. The van der Waals surface area contributed by atoms with E-state index in [0.29, 0.717) is 4.88 Å². The Labute approximate surface area is 423 Å². The Kier molecular flexibility index (Phi) is 10.1. The number of aliphatic carboxylic acids is 1. The highest BCUT2D eigenvalue weighted by Gasteiger charge is 2.45. The number of anilines is 1. The van der Waals surface area contributed by atoms with Crippen LogP contribution >= 0.6 is 22.7 Å². The summed E-state index contributed by atoms with van der Waals surface area (Å²) in [7, 11) is 4.00. The van der Waals surface area contributed by atoms with Crippen molar-refractivity contribution in [2.45, 2.75) is 38.5 Å². The van der Waals surface area contributed by atoms with Crippen LogP contribution in [0.4, 0.5) is 11.4 Å². The molecule has 9 nitrogen and oxygen atoms in total. The van der Waals surface area contributed by atoms with Gasteiger partial charge in [-0.15, -0.1) is 22.7 Å². The average molecular weight is 976 g/mol. The Hall–Kier alpha value is -8.43. The fourth-order valence-electron chi connectivity index (χ4n) is 11.1. The Morgan fingerprint density at radius 1 is 0.750 bits per heavy atom. The quantitative estimate of drug-likeness (QED) is 0.0695. The number of carbonyl (C=O) groups excluding carboxylic acids is 1. The van der Waals surface area contributed by atoms with Crippen molar-refractivity contribution >= 4 is 90.2 Å². The number of benzene rings is 6. The Morgan fingerprint density at radius 2 is 1.39 bits per heavy atom. The monoisotopic (exact) mass is 975 g/mol. The highest BCUT2D eigenvalue weighted by atomic mass is 32.1. The Morgan fingerprint density at radius 3 is 2.10 bits per heavy atom. The zero-order valence-corrected chi connectivity index (χ0v) is 41.9. The molecule has 350 valence electrons. The van der Waals surface area contributed by atoms with Crippen molar-refractivity contribution in [3.05, 3.63) is 196 Å². The van der Waals surface area contributed by atoms with Gasteiger partial charge in [0.2, 0.25) is 5.69 Å². The minimum absolute atomic E-state index is 0.199. The van der Waals surface area contributed by atoms with Crippen LogP contribution in [0.2, 0.25) is 0 Å². The van der Waals surface area contributed by atoms with Crippen LogP contribution in [-0.4, -0.2) is 50.8 Å². The molecule has 1 aliphatic carbocycles. The second-order valence-electron chi connectivity index (χ2n) is 19.6. The molecule has 0 atom stereocenters. The van der Waals surface area contributed by atoms with E-state index >= 15 is 0 Å². The third-order valence-corrected chi connectivity index (χ3v) is 17.2. The topological polar surface area (TPSA) is 125 Å². The number of hydrogen-bond acceptors (Lipinski definition) is 8. The van der Waals surface area contributed by atoms with Crippen molar-refractivity contribution in [1.82, 2.24) is 9.55 Å². The molecule has 9 aromatic rings. The van der Waals surface area contributed by atoms with E-state index in [9.17, 15) is 25.1 Å². The van der Waals surface area contributed by atoms with Gasteiger partial charge in [0, 0.05) is 94.2 Å². The van der Waals surface area contributed by atoms with E-state index in [-0.39, 0.29) is 33.7 Å². The molecule has 0 saturated carbocycles. The molecule has 0 unspecified atom stereocenters. The number of nitrogens with zero attached hydrogens (tertiary/aromatic N) is 5. The van der Waals surface area contributed by atoms with Gasteiger partial charge in [0.25, 0.3) is 0 Å². The summed E-state index contributed by atoms with van der Waals surface area (Å²) in [5, 5.41) is 37.0. The average Bonchev–Trinajstić information content (AvgIpc) is 4.22. The van der Waals surface area contributed by atoms with Crippen LogP contribution in [0.25, 0.3) is 75.9 Å². The van der Waals surface area contributed by atoms with Gasteiger partial charge in [-0.1, -0.05) is 111 Å². The number of ketones is 1. The van der Waals surface area contributed by atoms with Crippen molar-refractivity contribution in [2.75, 3.05) is 19.0 Å². The second kappa shape index (κ2) is 16.3. The first-order valence-electron chi connectivity index (χ1n) is 23.6. The summed E-state index contributed by atoms with van der Waals surface area (Å²) in [5.41, 5.74) is 10.1. The van der Waals surface area contributed by atoms with Gasteiger partial charge in [-0.2, -0.15) is 9.84 Å². The number of Topliss-reactive ketones (excluding diaryl/α,β-unsaturated/α-hetero) is 1. The second-order valence-corrected chi connectivity index (χ2v) is 21.8. The Bertz CT molecular complexity index is 4090. The molecular formula is C61H45N5O4S2. The maximum Gasteiger partial charge on any atom is 0.346 e. The predicted molar refractivity (Wildman–Crippen MR) is 289 cm³/mol. The first-order valence-corrected chi connectivity index (χ1v) is 25.3. The normalized spacial score (nSPS) is 17.2. The van der Waals surface area contributed by atoms with Gasteiger partial charge in [0.1, 0.15) is 24.5 Å². The predicted octanol–water partition coefficient (Wildman–Crippen LogP) is 12.9. The summed E-state index contributed by atoms with van der Waals surface area (Å²) in [6.07, 6.45) is 5.01. The van der Waals surface area contributed by atoms with E-state index in [4.69, 9.17) is 4.98 Å². The number of fused-ring (bicyclic) bond motifs is 8. The summed E-state index contributed by atoms with van der Waals surface area (Å²) in [6, 6.07) is 49.9. The van der Waals surface area contributed by atoms with Crippen molar-refractivity contribution < 1.29 is 24.4 Å². The summed E-state index contributed by atoms with van der Waals surface area (Å²) in [6.45, 7) is 8.57. The third kappa shape index (κ3) is 6.70. The van der Waals surface area contributed by atoms with E-state index in [0.717, 1.165) is 104 Å². The number of carbonyl (C=O) groups is 2. The van der Waals surface area contributed by atoms with Gasteiger partial charge in [-0.05, 0) is 90.4 Å².